The molecule has 4 atom stereocenters. The van der Waals surface area contributed by atoms with Crippen LogP contribution in [0.25, 0.3) is 0 Å². The first-order valence-corrected chi connectivity index (χ1v) is 32.4. The first-order valence-electron chi connectivity index (χ1n) is 32.4. The Bertz CT molecular complexity index is 2550. The normalized spacial score (nSPS) is 13.8. The second-order valence-corrected chi connectivity index (χ2v) is 34.1. The third-order valence-electron chi connectivity index (χ3n) is 16.3. The summed E-state index contributed by atoms with van der Waals surface area (Å²) in [7, 11) is 0. The lowest BCUT2D eigenvalue weighted by Crippen LogP contribution is -2.37. The summed E-state index contributed by atoms with van der Waals surface area (Å²) in [5.41, 5.74) is 8.28. The number of carboxylic acid groups (broad SMARTS) is 4. The highest BCUT2D eigenvalue weighted by Gasteiger charge is 2.33. The van der Waals surface area contributed by atoms with Crippen LogP contribution < -0.4 is 0 Å². The van der Waals surface area contributed by atoms with Crippen LogP contribution in [0.3, 0.4) is 0 Å². The number of hydrogen-bond acceptors (Lipinski definition) is 12. The third kappa shape index (κ3) is 26.9. The molecule has 0 saturated carbocycles. The average molecular weight is 1310 g/mol. The Balaban J connectivity index is 0.00000116. The molecule has 0 bridgehead atoms. The summed E-state index contributed by atoms with van der Waals surface area (Å²) in [4.78, 5) is 44.3. The van der Waals surface area contributed by atoms with Gasteiger partial charge in [-0.25, -0.2) is 0 Å². The molecule has 0 fully saturated rings. The van der Waals surface area contributed by atoms with Gasteiger partial charge in [-0.1, -0.05) is 242 Å². The van der Waals surface area contributed by atoms with Crippen LogP contribution >= 0.6 is 0 Å². The monoisotopic (exact) mass is 1300 g/mol. The minimum Gasteiger partial charge on any atom is -0.507 e. The molecule has 4 rings (SSSR count). The second-order valence-electron chi connectivity index (χ2n) is 34.1. The molecule has 4 unspecified atom stereocenters. The summed E-state index contributed by atoms with van der Waals surface area (Å²) >= 11 is 0. The predicted molar refractivity (Wildman–Crippen MR) is 375 cm³/mol. The van der Waals surface area contributed by atoms with E-state index in [1.54, 1.807) is 27.7 Å². The van der Waals surface area contributed by atoms with Crippen molar-refractivity contribution in [3.05, 3.63) is 115 Å². The van der Waals surface area contributed by atoms with E-state index in [0.29, 0.717) is 48.7 Å². The van der Waals surface area contributed by atoms with Crippen molar-refractivity contribution < 1.29 is 80.5 Å². The number of benzene rings is 4. The fourth-order valence-electron chi connectivity index (χ4n) is 9.89. The Hall–Kier alpha value is -6.20. The molecule has 528 valence electrons. The summed E-state index contributed by atoms with van der Waals surface area (Å²) in [6, 6.07) is 15.6. The Morgan fingerprint density at radius 1 is 0.269 bits per heavy atom. The molecular formula is C77H124O16. The molecule has 0 aliphatic carbocycles. The van der Waals surface area contributed by atoms with Crippen molar-refractivity contribution in [2.24, 2.45) is 29.1 Å². The number of phenols is 4. The summed E-state index contributed by atoms with van der Waals surface area (Å²) in [6.45, 7) is 54.5. The Kier molecular flexibility index (Phi) is 31.2. The number of aliphatic hydroxyl groups is 4. The van der Waals surface area contributed by atoms with Gasteiger partial charge < -0.3 is 61.3 Å². The van der Waals surface area contributed by atoms with Crippen LogP contribution in [0.15, 0.2) is 48.5 Å². The maximum absolute atomic E-state index is 11.1. The first kappa shape index (κ1) is 86.8. The van der Waals surface area contributed by atoms with Gasteiger partial charge >= 0.3 is 23.9 Å². The van der Waals surface area contributed by atoms with Crippen molar-refractivity contribution in [2.75, 3.05) is 26.4 Å². The predicted octanol–water partition coefficient (Wildman–Crippen LogP) is 14.9. The van der Waals surface area contributed by atoms with Crippen molar-refractivity contribution in [1.82, 2.24) is 0 Å². The van der Waals surface area contributed by atoms with Crippen LogP contribution in [0.4, 0.5) is 0 Å². The minimum absolute atomic E-state index is 0.188. The first-order chi connectivity index (χ1) is 41.6. The molecule has 4 aromatic rings. The molecule has 0 radical (unpaired) electrons. The zero-order valence-corrected chi connectivity index (χ0v) is 62.1. The van der Waals surface area contributed by atoms with Gasteiger partial charge in [-0.15, -0.1) is 0 Å². The lowest BCUT2D eigenvalue weighted by Gasteiger charge is -2.28. The number of phenolic OH excluding ortho intramolecular Hbond substituents is 4. The summed E-state index contributed by atoms with van der Waals surface area (Å²) in [5, 5.41) is 113. The highest BCUT2D eigenvalue weighted by atomic mass is 16.4. The molecule has 0 saturated heterocycles. The molecule has 16 nitrogen and oxygen atoms in total. The van der Waals surface area contributed by atoms with E-state index < -0.39 is 79.4 Å². The van der Waals surface area contributed by atoms with E-state index in [1.165, 1.54) is 0 Å². The van der Waals surface area contributed by atoms with Gasteiger partial charge in [0.1, 0.15) is 23.0 Å². The zero-order valence-electron chi connectivity index (χ0n) is 62.1. The van der Waals surface area contributed by atoms with E-state index in [2.05, 4.69) is 166 Å². The van der Waals surface area contributed by atoms with Crippen molar-refractivity contribution in [2.45, 2.75) is 263 Å². The zero-order chi connectivity index (χ0) is 73.7. The van der Waals surface area contributed by atoms with Gasteiger partial charge in [0.2, 0.25) is 0 Å². The molecule has 0 aliphatic rings. The number of aliphatic hydroxyl groups excluding tert-OH is 4. The highest BCUT2D eigenvalue weighted by Crippen LogP contribution is 2.44. The molecule has 4 aromatic carbocycles. The van der Waals surface area contributed by atoms with Crippen molar-refractivity contribution in [3.63, 3.8) is 0 Å². The van der Waals surface area contributed by atoms with Crippen LogP contribution in [-0.2, 0) is 88.2 Å². The van der Waals surface area contributed by atoms with E-state index in [0.717, 1.165) is 66.8 Å². The SMILES string of the molecule is CC(Cc1cc(C(C)(C)C)c(O)c(C(C)(C)C)c1)C(=O)O.CC(Cc1cc(C(C)(C)C)c(O)c(C(C)(C)C)c1)C(=O)O.CC(Cc1cc(C(C)(C)C)c(O)c(C(C)(C)C)c1)C(=O)O.CC(Cc1cc(C(C)(C)C)c(O)c(C(C)(C)C)c1)C(=O)O.OCC(CO)(CO)CO. The molecule has 0 spiro atoms. The lowest BCUT2D eigenvalue weighted by atomic mass is 9.77. The lowest BCUT2D eigenvalue weighted by molar-refractivity contribution is -0.142. The topological polar surface area (TPSA) is 311 Å². The highest BCUT2D eigenvalue weighted by molar-refractivity contribution is 5.71. The molecule has 12 N–H and O–H groups in total. The summed E-state index contributed by atoms with van der Waals surface area (Å²) < 4.78 is 0. The molecular weight excluding hydrogens is 1180 g/mol. The van der Waals surface area contributed by atoms with Crippen LogP contribution in [0, 0.1) is 29.1 Å². The number of hydrogen-bond donors (Lipinski definition) is 12. The maximum atomic E-state index is 11.1. The molecule has 0 amide bonds. The van der Waals surface area contributed by atoms with Crippen molar-refractivity contribution in [1.29, 1.82) is 0 Å². The third-order valence-corrected chi connectivity index (χ3v) is 16.3. The van der Waals surface area contributed by atoms with Gasteiger partial charge in [-0.05, 0) is 136 Å². The second kappa shape index (κ2) is 33.5. The largest absolute Gasteiger partial charge is 0.507 e. The van der Waals surface area contributed by atoms with E-state index >= 15 is 0 Å². The molecule has 93 heavy (non-hydrogen) atoms. The van der Waals surface area contributed by atoms with Gasteiger partial charge in [0.15, 0.2) is 0 Å². The molecule has 0 heterocycles. The summed E-state index contributed by atoms with van der Waals surface area (Å²) in [5.74, 6) is -3.58. The summed E-state index contributed by atoms with van der Waals surface area (Å²) in [6.07, 6.45) is 1.90. The van der Waals surface area contributed by atoms with Crippen molar-refractivity contribution >= 4 is 23.9 Å². The number of aromatic hydroxyl groups is 4. The van der Waals surface area contributed by atoms with Crippen molar-refractivity contribution in [3.8, 4) is 23.0 Å². The van der Waals surface area contributed by atoms with Crippen LogP contribution in [0.2, 0.25) is 0 Å². The van der Waals surface area contributed by atoms with Crippen LogP contribution in [-0.4, -0.2) is 112 Å². The number of carboxylic acids is 4. The van der Waals surface area contributed by atoms with Gasteiger partial charge in [0.05, 0.1) is 55.5 Å². The average Bonchev–Trinajstić information content (AvgIpc) is 0.812. The van der Waals surface area contributed by atoms with Gasteiger partial charge in [0, 0.05) is 0 Å². The smallest absolute Gasteiger partial charge is 0.306 e. The van der Waals surface area contributed by atoms with Gasteiger partial charge in [-0.2, -0.15) is 0 Å². The fourth-order valence-corrected chi connectivity index (χ4v) is 9.89. The Labute approximate surface area is 558 Å². The molecule has 0 aliphatic heterocycles. The van der Waals surface area contributed by atoms with Crippen LogP contribution in [0.5, 0.6) is 23.0 Å². The molecule has 16 heteroatoms. The van der Waals surface area contributed by atoms with Gasteiger partial charge in [0.25, 0.3) is 0 Å². The number of aliphatic carboxylic acids is 4. The van der Waals surface area contributed by atoms with E-state index in [1.807, 2.05) is 48.5 Å². The quantitative estimate of drug-likeness (QED) is 0.0496. The maximum Gasteiger partial charge on any atom is 0.306 e. The fraction of sp³-hybridized carbons (Fsp3) is 0.636. The van der Waals surface area contributed by atoms with E-state index in [-0.39, 0.29) is 43.3 Å². The van der Waals surface area contributed by atoms with Crippen LogP contribution in [0.1, 0.15) is 261 Å². The van der Waals surface area contributed by atoms with Gasteiger partial charge in [-0.3, -0.25) is 19.2 Å². The Morgan fingerprint density at radius 3 is 0.441 bits per heavy atom. The minimum atomic E-state index is -1.11. The molecule has 0 aromatic heterocycles. The Morgan fingerprint density at radius 2 is 0.376 bits per heavy atom. The number of carbonyl (C=O) groups is 4. The number of rotatable bonds is 16. The van der Waals surface area contributed by atoms with E-state index in [4.69, 9.17) is 40.9 Å². The van der Waals surface area contributed by atoms with E-state index in [9.17, 15) is 39.6 Å². The standard InChI is InChI=1S/4C18H28O3.C5H12O4/c4*1-11(16(20)21)8-12-9-13(17(2,3)4)15(19)14(10-12)18(5,6)7;6-1-5(2-7,3-8)4-9/h4*9-11,19H,8H2,1-7H3,(H,20,21);6-9H,1-4H2.